The summed E-state index contributed by atoms with van der Waals surface area (Å²) in [5, 5.41) is 5.82. The van der Waals surface area contributed by atoms with Crippen molar-refractivity contribution in [2.45, 2.75) is 26.7 Å². The highest BCUT2D eigenvalue weighted by Gasteiger charge is 2.17. The molecule has 0 fully saturated rings. The van der Waals surface area contributed by atoms with E-state index in [4.69, 9.17) is 11.6 Å². The second-order valence-electron chi connectivity index (χ2n) is 7.02. The van der Waals surface area contributed by atoms with Crippen molar-refractivity contribution in [2.24, 2.45) is 0 Å². The number of amides is 2. The number of pyridine rings is 1. The first-order valence-corrected chi connectivity index (χ1v) is 10.1. The van der Waals surface area contributed by atoms with Crippen LogP contribution in [0.25, 0.3) is 5.65 Å². The van der Waals surface area contributed by atoms with E-state index in [1.165, 1.54) is 25.3 Å². The van der Waals surface area contributed by atoms with Crippen molar-refractivity contribution in [1.82, 2.24) is 14.7 Å². The number of nitrogens with zero attached hydrogens (tertiary/aromatic N) is 2. The third kappa shape index (κ3) is 5.03. The van der Waals surface area contributed by atoms with E-state index in [-0.39, 0.29) is 23.8 Å². The second-order valence-corrected chi connectivity index (χ2v) is 7.43. The molecule has 0 unspecified atom stereocenters. The Bertz CT molecular complexity index is 1160. The fourth-order valence-corrected chi connectivity index (χ4v) is 3.37. The van der Waals surface area contributed by atoms with Gasteiger partial charge in [0.1, 0.15) is 11.3 Å². The van der Waals surface area contributed by atoms with Gasteiger partial charge in [0.15, 0.2) is 0 Å². The third-order valence-corrected chi connectivity index (χ3v) is 5.09. The van der Waals surface area contributed by atoms with Crippen molar-refractivity contribution in [2.75, 3.05) is 19.0 Å². The van der Waals surface area contributed by atoms with Gasteiger partial charge in [-0.1, -0.05) is 17.7 Å². The quantitative estimate of drug-likeness (QED) is 0.430. The SMILES string of the molecule is COC(=O)c1ccc(Cl)c(NC(=O)CCCNC(=O)c2c(C)nc3c(C)cccn23)c1. The van der Waals surface area contributed by atoms with E-state index in [0.717, 1.165) is 11.2 Å². The minimum Gasteiger partial charge on any atom is -0.465 e. The maximum absolute atomic E-state index is 12.6. The van der Waals surface area contributed by atoms with Gasteiger partial charge in [-0.15, -0.1) is 0 Å². The van der Waals surface area contributed by atoms with Crippen LogP contribution in [0.2, 0.25) is 5.02 Å². The molecule has 0 saturated carbocycles. The highest BCUT2D eigenvalue weighted by molar-refractivity contribution is 6.33. The number of carbonyl (C=O) groups excluding carboxylic acids is 3. The van der Waals surface area contributed by atoms with Crippen LogP contribution in [0.5, 0.6) is 0 Å². The van der Waals surface area contributed by atoms with Gasteiger partial charge in [-0.2, -0.15) is 0 Å². The van der Waals surface area contributed by atoms with Gasteiger partial charge in [0.05, 0.1) is 29.1 Å². The van der Waals surface area contributed by atoms with Crippen molar-refractivity contribution in [3.63, 3.8) is 0 Å². The molecular formula is C22H23ClN4O4. The molecule has 1 aromatic carbocycles. The summed E-state index contributed by atoms with van der Waals surface area (Å²) < 4.78 is 6.44. The first-order chi connectivity index (χ1) is 14.8. The van der Waals surface area contributed by atoms with Crippen LogP contribution in [0.1, 0.15) is 44.9 Å². The van der Waals surface area contributed by atoms with Crippen LogP contribution in [-0.2, 0) is 9.53 Å². The van der Waals surface area contributed by atoms with Crippen molar-refractivity contribution in [3.05, 3.63) is 64.1 Å². The zero-order chi connectivity index (χ0) is 22.5. The van der Waals surface area contributed by atoms with Gasteiger partial charge < -0.3 is 15.4 Å². The van der Waals surface area contributed by atoms with Crippen molar-refractivity contribution in [1.29, 1.82) is 0 Å². The Hall–Kier alpha value is -3.39. The molecule has 2 aromatic heterocycles. The number of hydrogen-bond acceptors (Lipinski definition) is 5. The van der Waals surface area contributed by atoms with Gasteiger partial charge >= 0.3 is 5.97 Å². The predicted molar refractivity (Wildman–Crippen MR) is 118 cm³/mol. The molecule has 8 nitrogen and oxygen atoms in total. The second kappa shape index (κ2) is 9.61. The third-order valence-electron chi connectivity index (χ3n) is 4.76. The fourth-order valence-electron chi connectivity index (χ4n) is 3.20. The van der Waals surface area contributed by atoms with Crippen LogP contribution < -0.4 is 10.6 Å². The van der Waals surface area contributed by atoms with E-state index in [1.807, 2.05) is 19.1 Å². The standard InChI is InChI=1S/C22H23ClN4O4/c1-13-6-5-11-27-19(14(2)25-20(13)27)21(29)24-10-4-7-18(28)26-17-12-15(22(30)31-3)8-9-16(17)23/h5-6,8-9,11-12H,4,7,10H2,1-3H3,(H,24,29)(H,26,28). The van der Waals surface area contributed by atoms with E-state index < -0.39 is 5.97 Å². The highest BCUT2D eigenvalue weighted by atomic mass is 35.5. The summed E-state index contributed by atoms with van der Waals surface area (Å²) in [6.07, 6.45) is 2.40. The van der Waals surface area contributed by atoms with E-state index in [0.29, 0.717) is 35.1 Å². The molecule has 0 spiro atoms. The first kappa shape index (κ1) is 22.3. The molecule has 2 N–H and O–H groups in total. The number of hydrogen-bond donors (Lipinski definition) is 2. The number of carbonyl (C=O) groups is 3. The van der Waals surface area contributed by atoms with Gasteiger partial charge in [0.2, 0.25) is 5.91 Å². The number of aromatic nitrogens is 2. The Morgan fingerprint density at radius 2 is 1.97 bits per heavy atom. The van der Waals surface area contributed by atoms with E-state index in [1.54, 1.807) is 17.5 Å². The number of anilines is 1. The zero-order valence-electron chi connectivity index (χ0n) is 17.5. The number of ether oxygens (including phenoxy) is 1. The topological polar surface area (TPSA) is 102 Å². The maximum atomic E-state index is 12.6. The normalized spacial score (nSPS) is 10.7. The largest absolute Gasteiger partial charge is 0.465 e. The average molecular weight is 443 g/mol. The van der Waals surface area contributed by atoms with Gasteiger partial charge in [-0.05, 0) is 50.1 Å². The fraction of sp³-hybridized carbons (Fsp3) is 0.273. The van der Waals surface area contributed by atoms with Crippen molar-refractivity contribution in [3.8, 4) is 0 Å². The first-order valence-electron chi connectivity index (χ1n) is 9.72. The lowest BCUT2D eigenvalue weighted by molar-refractivity contribution is -0.116. The summed E-state index contributed by atoms with van der Waals surface area (Å²) in [7, 11) is 1.28. The molecule has 31 heavy (non-hydrogen) atoms. The number of methoxy groups -OCH3 is 1. The number of esters is 1. The molecule has 3 aromatic rings. The number of fused-ring (bicyclic) bond motifs is 1. The summed E-state index contributed by atoms with van der Waals surface area (Å²) in [5.74, 6) is -1.04. The zero-order valence-corrected chi connectivity index (χ0v) is 18.2. The van der Waals surface area contributed by atoms with E-state index in [9.17, 15) is 14.4 Å². The number of halogens is 1. The number of aryl methyl sites for hydroxylation is 2. The summed E-state index contributed by atoms with van der Waals surface area (Å²) >= 11 is 6.09. The minimum absolute atomic E-state index is 0.171. The molecule has 0 saturated heterocycles. The van der Waals surface area contributed by atoms with Crippen LogP contribution in [0, 0.1) is 13.8 Å². The molecule has 162 valence electrons. The molecule has 2 amide bonds. The Kier molecular flexibility index (Phi) is 6.91. The Balaban J connectivity index is 1.54. The average Bonchev–Trinajstić information content (AvgIpc) is 3.09. The van der Waals surface area contributed by atoms with Gasteiger partial charge in [-0.3, -0.25) is 14.0 Å². The van der Waals surface area contributed by atoms with Gasteiger partial charge in [0.25, 0.3) is 5.91 Å². The molecule has 0 aliphatic rings. The Morgan fingerprint density at radius 3 is 2.71 bits per heavy atom. The number of benzene rings is 1. The van der Waals surface area contributed by atoms with Crippen LogP contribution >= 0.6 is 11.6 Å². The van der Waals surface area contributed by atoms with E-state index in [2.05, 4.69) is 20.4 Å². The molecule has 0 radical (unpaired) electrons. The minimum atomic E-state index is -0.521. The van der Waals surface area contributed by atoms with Crippen LogP contribution in [-0.4, -0.2) is 40.8 Å². The monoisotopic (exact) mass is 442 g/mol. The number of imidazole rings is 1. The molecule has 0 aliphatic carbocycles. The Labute approximate surface area is 184 Å². The van der Waals surface area contributed by atoms with Crippen LogP contribution in [0.3, 0.4) is 0 Å². The lowest BCUT2D eigenvalue weighted by Crippen LogP contribution is -2.27. The molecule has 9 heteroatoms. The lowest BCUT2D eigenvalue weighted by atomic mass is 10.2. The summed E-state index contributed by atoms with van der Waals surface area (Å²) in [4.78, 5) is 41.0. The molecular weight excluding hydrogens is 420 g/mol. The molecule has 0 bridgehead atoms. The number of rotatable bonds is 7. The van der Waals surface area contributed by atoms with Gasteiger partial charge in [0, 0.05) is 19.2 Å². The van der Waals surface area contributed by atoms with Crippen LogP contribution in [0.4, 0.5) is 5.69 Å². The van der Waals surface area contributed by atoms with E-state index >= 15 is 0 Å². The smallest absolute Gasteiger partial charge is 0.337 e. The van der Waals surface area contributed by atoms with Crippen molar-refractivity contribution < 1.29 is 19.1 Å². The summed E-state index contributed by atoms with van der Waals surface area (Å²) in [6.45, 7) is 4.05. The highest BCUT2D eigenvalue weighted by Crippen LogP contribution is 2.23. The lowest BCUT2D eigenvalue weighted by Gasteiger charge is -2.09. The molecule has 2 heterocycles. The summed E-state index contributed by atoms with van der Waals surface area (Å²) in [5.41, 5.74) is 3.47. The summed E-state index contributed by atoms with van der Waals surface area (Å²) in [6, 6.07) is 8.30. The van der Waals surface area contributed by atoms with Crippen LogP contribution in [0.15, 0.2) is 36.5 Å². The predicted octanol–water partition coefficient (Wildman–Crippen LogP) is 3.54. The van der Waals surface area contributed by atoms with Crippen molar-refractivity contribution >= 4 is 40.7 Å². The molecule has 3 rings (SSSR count). The van der Waals surface area contributed by atoms with Gasteiger partial charge in [-0.25, -0.2) is 9.78 Å². The number of nitrogens with one attached hydrogen (secondary N) is 2. The Morgan fingerprint density at radius 1 is 1.19 bits per heavy atom. The maximum Gasteiger partial charge on any atom is 0.337 e. The molecule has 0 aliphatic heterocycles. The molecule has 0 atom stereocenters.